The van der Waals surface area contributed by atoms with Crippen molar-refractivity contribution in [3.05, 3.63) is 50.9 Å². The Kier molecular flexibility index (Phi) is 4.09. The van der Waals surface area contributed by atoms with E-state index in [2.05, 4.69) is 26.3 Å². The van der Waals surface area contributed by atoms with Crippen LogP contribution in [0.5, 0.6) is 0 Å². The molecule has 4 heteroatoms. The van der Waals surface area contributed by atoms with Crippen LogP contribution in [0.4, 0.5) is 0 Å². The van der Waals surface area contributed by atoms with Gasteiger partial charge in [-0.15, -0.1) is 11.3 Å². The van der Waals surface area contributed by atoms with Crippen LogP contribution in [0.25, 0.3) is 0 Å². The highest BCUT2D eigenvalue weighted by Crippen LogP contribution is 2.29. The standard InChI is InChI=1S/C12H13BrN2S/c13-10-6-8-16-12(10)11(14)5-4-9-3-1-2-7-15-9/h1-3,6-8,11H,4-5,14H2. The summed E-state index contributed by atoms with van der Waals surface area (Å²) in [6, 6.07) is 8.11. The van der Waals surface area contributed by atoms with Gasteiger partial charge in [-0.2, -0.15) is 0 Å². The Morgan fingerprint density at radius 1 is 1.38 bits per heavy atom. The maximum Gasteiger partial charge on any atom is 0.0404 e. The molecule has 0 spiro atoms. The summed E-state index contributed by atoms with van der Waals surface area (Å²) in [6.45, 7) is 0. The Morgan fingerprint density at radius 3 is 2.88 bits per heavy atom. The van der Waals surface area contributed by atoms with Gasteiger partial charge in [0.15, 0.2) is 0 Å². The highest BCUT2D eigenvalue weighted by molar-refractivity contribution is 9.10. The van der Waals surface area contributed by atoms with Gasteiger partial charge in [-0.1, -0.05) is 6.07 Å². The van der Waals surface area contributed by atoms with E-state index in [-0.39, 0.29) is 6.04 Å². The molecule has 2 rings (SSSR count). The number of nitrogens with zero attached hydrogens (tertiary/aromatic N) is 1. The molecule has 0 fully saturated rings. The highest BCUT2D eigenvalue weighted by atomic mass is 79.9. The Morgan fingerprint density at radius 2 is 2.25 bits per heavy atom. The number of aryl methyl sites for hydroxylation is 1. The van der Waals surface area contributed by atoms with Crippen LogP contribution in [0, 0.1) is 0 Å². The van der Waals surface area contributed by atoms with E-state index in [4.69, 9.17) is 5.73 Å². The van der Waals surface area contributed by atoms with Gasteiger partial charge < -0.3 is 5.73 Å². The molecule has 84 valence electrons. The van der Waals surface area contributed by atoms with Gasteiger partial charge in [0, 0.05) is 27.3 Å². The second-order valence-electron chi connectivity index (χ2n) is 3.60. The summed E-state index contributed by atoms with van der Waals surface area (Å²) in [5, 5.41) is 2.06. The zero-order chi connectivity index (χ0) is 11.4. The van der Waals surface area contributed by atoms with Crippen molar-refractivity contribution in [3.63, 3.8) is 0 Å². The van der Waals surface area contributed by atoms with Gasteiger partial charge in [0.2, 0.25) is 0 Å². The highest BCUT2D eigenvalue weighted by Gasteiger charge is 2.11. The van der Waals surface area contributed by atoms with E-state index in [0.717, 1.165) is 23.0 Å². The lowest BCUT2D eigenvalue weighted by molar-refractivity contribution is 0.652. The maximum absolute atomic E-state index is 6.14. The van der Waals surface area contributed by atoms with Crippen LogP contribution in [0.15, 0.2) is 40.3 Å². The smallest absolute Gasteiger partial charge is 0.0404 e. The molecule has 2 nitrogen and oxygen atoms in total. The second-order valence-corrected chi connectivity index (χ2v) is 5.40. The average Bonchev–Trinajstić information content (AvgIpc) is 2.74. The zero-order valence-electron chi connectivity index (χ0n) is 8.77. The van der Waals surface area contributed by atoms with Crippen molar-refractivity contribution in [1.29, 1.82) is 0 Å². The van der Waals surface area contributed by atoms with Crippen molar-refractivity contribution < 1.29 is 0 Å². The molecule has 0 aliphatic carbocycles. The Hall–Kier alpha value is -0.710. The number of rotatable bonds is 4. The number of thiophene rings is 1. The third-order valence-corrected chi connectivity index (χ3v) is 4.42. The van der Waals surface area contributed by atoms with Crippen LogP contribution in [-0.4, -0.2) is 4.98 Å². The van der Waals surface area contributed by atoms with Gasteiger partial charge >= 0.3 is 0 Å². The molecule has 0 saturated heterocycles. The monoisotopic (exact) mass is 296 g/mol. The first-order chi connectivity index (χ1) is 7.77. The molecule has 0 amide bonds. The molecule has 0 bridgehead atoms. The lowest BCUT2D eigenvalue weighted by Crippen LogP contribution is -2.10. The summed E-state index contributed by atoms with van der Waals surface area (Å²) in [4.78, 5) is 5.51. The number of aromatic nitrogens is 1. The quantitative estimate of drug-likeness (QED) is 0.937. The summed E-state index contributed by atoms with van der Waals surface area (Å²) in [6.07, 6.45) is 3.67. The Balaban J connectivity index is 1.94. The van der Waals surface area contributed by atoms with E-state index in [1.807, 2.05) is 30.5 Å². The van der Waals surface area contributed by atoms with Crippen LogP contribution in [0.1, 0.15) is 23.0 Å². The molecule has 0 radical (unpaired) electrons. The van der Waals surface area contributed by atoms with E-state index >= 15 is 0 Å². The zero-order valence-corrected chi connectivity index (χ0v) is 11.2. The fourth-order valence-corrected chi connectivity index (χ4v) is 3.26. The van der Waals surface area contributed by atoms with Gasteiger partial charge in [0.1, 0.15) is 0 Å². The average molecular weight is 297 g/mol. The largest absolute Gasteiger partial charge is 0.323 e. The molecule has 0 aliphatic rings. The normalized spacial score (nSPS) is 12.6. The molecule has 2 heterocycles. The van der Waals surface area contributed by atoms with Gasteiger partial charge in [0.05, 0.1) is 0 Å². The summed E-state index contributed by atoms with van der Waals surface area (Å²) in [5.74, 6) is 0. The molecule has 2 aromatic heterocycles. The fourth-order valence-electron chi connectivity index (χ4n) is 1.55. The van der Waals surface area contributed by atoms with Crippen molar-refractivity contribution in [1.82, 2.24) is 4.98 Å². The van der Waals surface area contributed by atoms with Crippen LogP contribution in [-0.2, 0) is 6.42 Å². The minimum atomic E-state index is 0.0939. The van der Waals surface area contributed by atoms with Gasteiger partial charge in [0.25, 0.3) is 0 Å². The minimum absolute atomic E-state index is 0.0939. The van der Waals surface area contributed by atoms with E-state index in [1.54, 1.807) is 11.3 Å². The van der Waals surface area contributed by atoms with Crippen molar-refractivity contribution in [2.75, 3.05) is 0 Å². The third-order valence-electron chi connectivity index (χ3n) is 2.42. The van der Waals surface area contributed by atoms with E-state index in [9.17, 15) is 0 Å². The molecular weight excluding hydrogens is 284 g/mol. The summed E-state index contributed by atoms with van der Waals surface area (Å²) in [5.41, 5.74) is 7.24. The predicted molar refractivity (Wildman–Crippen MR) is 71.5 cm³/mol. The Labute approximate surface area is 108 Å². The fraction of sp³-hybridized carbons (Fsp3) is 0.250. The predicted octanol–water partition coefficient (Wildman–Crippen LogP) is 3.54. The summed E-state index contributed by atoms with van der Waals surface area (Å²) >= 11 is 5.21. The van der Waals surface area contributed by atoms with Crippen LogP contribution in [0.3, 0.4) is 0 Å². The van der Waals surface area contributed by atoms with Gasteiger partial charge in [-0.25, -0.2) is 0 Å². The van der Waals surface area contributed by atoms with E-state index in [0.29, 0.717) is 0 Å². The van der Waals surface area contributed by atoms with Crippen molar-refractivity contribution >= 4 is 27.3 Å². The molecule has 0 aliphatic heterocycles. The number of halogens is 1. The Bertz CT molecular complexity index is 441. The molecule has 1 atom stereocenters. The van der Waals surface area contributed by atoms with Crippen LogP contribution >= 0.6 is 27.3 Å². The third kappa shape index (κ3) is 2.90. The number of hydrogen-bond acceptors (Lipinski definition) is 3. The lowest BCUT2D eigenvalue weighted by Gasteiger charge is -2.09. The molecule has 0 saturated carbocycles. The first kappa shape index (κ1) is 11.8. The van der Waals surface area contributed by atoms with Crippen molar-refractivity contribution in [3.8, 4) is 0 Å². The van der Waals surface area contributed by atoms with Crippen LogP contribution in [0.2, 0.25) is 0 Å². The van der Waals surface area contributed by atoms with Gasteiger partial charge in [-0.3, -0.25) is 4.98 Å². The number of nitrogens with two attached hydrogens (primary N) is 1. The second kappa shape index (κ2) is 5.57. The first-order valence-corrected chi connectivity index (χ1v) is 6.83. The van der Waals surface area contributed by atoms with E-state index < -0.39 is 0 Å². The number of hydrogen-bond donors (Lipinski definition) is 1. The molecular formula is C12H13BrN2S. The summed E-state index contributed by atoms with van der Waals surface area (Å²) in [7, 11) is 0. The minimum Gasteiger partial charge on any atom is -0.323 e. The van der Waals surface area contributed by atoms with Crippen LogP contribution < -0.4 is 5.73 Å². The van der Waals surface area contributed by atoms with Crippen molar-refractivity contribution in [2.24, 2.45) is 5.73 Å². The topological polar surface area (TPSA) is 38.9 Å². The molecule has 2 N–H and O–H groups in total. The number of pyridine rings is 1. The van der Waals surface area contributed by atoms with Crippen molar-refractivity contribution in [2.45, 2.75) is 18.9 Å². The first-order valence-electron chi connectivity index (χ1n) is 5.16. The summed E-state index contributed by atoms with van der Waals surface area (Å²) < 4.78 is 1.12. The molecule has 16 heavy (non-hydrogen) atoms. The molecule has 2 aromatic rings. The lowest BCUT2D eigenvalue weighted by atomic mass is 10.1. The van der Waals surface area contributed by atoms with E-state index in [1.165, 1.54) is 4.88 Å². The maximum atomic E-state index is 6.14. The molecule has 0 aromatic carbocycles. The van der Waals surface area contributed by atoms with Gasteiger partial charge in [-0.05, 0) is 52.4 Å². The SMILES string of the molecule is NC(CCc1ccccn1)c1sccc1Br. The molecule has 1 unspecified atom stereocenters.